The van der Waals surface area contributed by atoms with Crippen molar-refractivity contribution in [2.24, 2.45) is 0 Å². The number of anilines is 2. The van der Waals surface area contributed by atoms with E-state index in [2.05, 4.69) is 51.6 Å². The maximum Gasteiger partial charge on any atom is 0.323 e. The summed E-state index contributed by atoms with van der Waals surface area (Å²) in [5.74, 6) is 1.07. The number of thiophene rings is 1. The second-order valence-electron chi connectivity index (χ2n) is 4.49. The summed E-state index contributed by atoms with van der Waals surface area (Å²) in [5, 5.41) is 6.37. The third-order valence-electron chi connectivity index (χ3n) is 2.64. The first kappa shape index (κ1) is 15.5. The molecule has 7 heteroatoms. The normalized spacial score (nSPS) is 10.4. The summed E-state index contributed by atoms with van der Waals surface area (Å²) in [7, 11) is 0. The highest BCUT2D eigenvalue weighted by molar-refractivity contribution is 7.11. The van der Waals surface area contributed by atoms with E-state index in [0.29, 0.717) is 31.1 Å². The minimum atomic E-state index is 0.343. The van der Waals surface area contributed by atoms with Gasteiger partial charge in [-0.15, -0.1) is 11.3 Å². The number of nitrogens with one attached hydrogen (secondary N) is 2. The molecular weight excluding hydrogens is 286 g/mol. The largest absolute Gasteiger partial charge is 0.464 e. The minimum absolute atomic E-state index is 0.343. The van der Waals surface area contributed by atoms with Gasteiger partial charge in [0.25, 0.3) is 0 Å². The minimum Gasteiger partial charge on any atom is -0.464 e. The Morgan fingerprint density at radius 3 is 2.48 bits per heavy atom. The van der Waals surface area contributed by atoms with E-state index in [0.717, 1.165) is 13.0 Å². The lowest BCUT2D eigenvalue weighted by Crippen LogP contribution is -2.11. The Labute approximate surface area is 129 Å². The molecule has 0 saturated carbocycles. The lowest BCUT2D eigenvalue weighted by molar-refractivity contribution is 0.312. The Balaban J connectivity index is 2.07. The lowest BCUT2D eigenvalue weighted by Gasteiger charge is -2.09. The monoisotopic (exact) mass is 307 g/mol. The van der Waals surface area contributed by atoms with Crippen LogP contribution in [0.1, 0.15) is 30.0 Å². The molecule has 0 atom stereocenters. The zero-order valence-electron chi connectivity index (χ0n) is 12.6. The molecule has 2 aromatic rings. The second kappa shape index (κ2) is 7.78. The molecule has 0 aliphatic rings. The summed E-state index contributed by atoms with van der Waals surface area (Å²) in [6.07, 6.45) is 1.01. The predicted octanol–water partition coefficient (Wildman–Crippen LogP) is 3.07. The molecule has 0 aromatic carbocycles. The molecule has 0 aliphatic heterocycles. The van der Waals surface area contributed by atoms with Crippen molar-refractivity contribution in [1.82, 2.24) is 15.0 Å². The van der Waals surface area contributed by atoms with Crippen LogP contribution in [0.5, 0.6) is 6.01 Å². The molecule has 0 saturated heterocycles. The van der Waals surface area contributed by atoms with Crippen molar-refractivity contribution < 1.29 is 4.74 Å². The predicted molar refractivity (Wildman–Crippen MR) is 86.2 cm³/mol. The summed E-state index contributed by atoms with van der Waals surface area (Å²) in [6.45, 7) is 8.14. The van der Waals surface area contributed by atoms with Gasteiger partial charge in [-0.3, -0.25) is 0 Å². The summed E-state index contributed by atoms with van der Waals surface area (Å²) < 4.78 is 5.38. The van der Waals surface area contributed by atoms with Crippen LogP contribution in [0, 0.1) is 6.92 Å². The number of ether oxygens (including phenoxy) is 1. The van der Waals surface area contributed by atoms with E-state index in [4.69, 9.17) is 4.74 Å². The van der Waals surface area contributed by atoms with E-state index in [1.165, 1.54) is 9.75 Å². The molecule has 2 N–H and O–H groups in total. The molecule has 2 heterocycles. The van der Waals surface area contributed by atoms with Gasteiger partial charge in [0, 0.05) is 16.3 Å². The molecule has 2 rings (SSSR count). The van der Waals surface area contributed by atoms with Gasteiger partial charge in [0.1, 0.15) is 0 Å². The van der Waals surface area contributed by atoms with E-state index >= 15 is 0 Å². The first-order valence-electron chi connectivity index (χ1n) is 7.13. The Bertz CT molecular complexity index is 572. The summed E-state index contributed by atoms with van der Waals surface area (Å²) in [6, 6.07) is 4.55. The van der Waals surface area contributed by atoms with Crippen LogP contribution in [0.15, 0.2) is 12.1 Å². The van der Waals surface area contributed by atoms with E-state index in [-0.39, 0.29) is 0 Å². The molecule has 0 aliphatic carbocycles. The highest BCUT2D eigenvalue weighted by Crippen LogP contribution is 2.17. The van der Waals surface area contributed by atoms with Crippen molar-refractivity contribution in [1.29, 1.82) is 0 Å². The molecule has 0 radical (unpaired) electrons. The Hall–Kier alpha value is -1.89. The fourth-order valence-corrected chi connectivity index (χ4v) is 2.52. The number of hydrogen-bond donors (Lipinski definition) is 2. The van der Waals surface area contributed by atoms with Gasteiger partial charge in [0.05, 0.1) is 13.2 Å². The quantitative estimate of drug-likeness (QED) is 0.781. The van der Waals surface area contributed by atoms with Gasteiger partial charge in [-0.05, 0) is 32.4 Å². The summed E-state index contributed by atoms with van der Waals surface area (Å²) >= 11 is 1.76. The number of nitrogens with zero attached hydrogens (tertiary/aromatic N) is 3. The van der Waals surface area contributed by atoms with Crippen LogP contribution in [0.2, 0.25) is 0 Å². The first-order valence-corrected chi connectivity index (χ1v) is 7.94. The van der Waals surface area contributed by atoms with Crippen molar-refractivity contribution in [3.63, 3.8) is 0 Å². The molecule has 0 spiro atoms. The molecule has 0 amide bonds. The molecule has 21 heavy (non-hydrogen) atoms. The molecule has 2 aromatic heterocycles. The highest BCUT2D eigenvalue weighted by atomic mass is 32.1. The maximum absolute atomic E-state index is 5.38. The zero-order valence-corrected chi connectivity index (χ0v) is 13.5. The fourth-order valence-electron chi connectivity index (χ4n) is 1.69. The standard InChI is InChI=1S/C14H21N5OS/c1-4-8-15-12-17-13(19-14(18-12)20-5-2)16-9-11-7-6-10(3)21-11/h6-7H,4-5,8-9H2,1-3H3,(H2,15,16,17,18,19). The number of hydrogen-bond acceptors (Lipinski definition) is 7. The van der Waals surface area contributed by atoms with Crippen LogP contribution in [-0.2, 0) is 6.54 Å². The van der Waals surface area contributed by atoms with Crippen molar-refractivity contribution in [3.8, 4) is 6.01 Å². The number of rotatable bonds is 8. The van der Waals surface area contributed by atoms with Crippen LogP contribution in [0.4, 0.5) is 11.9 Å². The number of aromatic nitrogens is 3. The second-order valence-corrected chi connectivity index (χ2v) is 5.86. The van der Waals surface area contributed by atoms with Gasteiger partial charge in [-0.2, -0.15) is 15.0 Å². The van der Waals surface area contributed by atoms with E-state index in [9.17, 15) is 0 Å². The Morgan fingerprint density at radius 2 is 1.86 bits per heavy atom. The SMILES string of the molecule is CCCNc1nc(NCc2ccc(C)s2)nc(OCC)n1. The van der Waals surface area contributed by atoms with E-state index in [1.807, 2.05) is 6.92 Å². The Morgan fingerprint density at radius 1 is 1.10 bits per heavy atom. The van der Waals surface area contributed by atoms with Crippen LogP contribution in [-0.4, -0.2) is 28.1 Å². The van der Waals surface area contributed by atoms with Gasteiger partial charge >= 0.3 is 6.01 Å². The van der Waals surface area contributed by atoms with Crippen LogP contribution < -0.4 is 15.4 Å². The Kier molecular flexibility index (Phi) is 5.74. The molecule has 0 unspecified atom stereocenters. The third-order valence-corrected chi connectivity index (χ3v) is 3.64. The van der Waals surface area contributed by atoms with Crippen LogP contribution in [0.25, 0.3) is 0 Å². The smallest absolute Gasteiger partial charge is 0.323 e. The van der Waals surface area contributed by atoms with Crippen molar-refractivity contribution in [2.45, 2.75) is 33.7 Å². The van der Waals surface area contributed by atoms with Gasteiger partial charge in [0.2, 0.25) is 11.9 Å². The highest BCUT2D eigenvalue weighted by Gasteiger charge is 2.07. The topological polar surface area (TPSA) is 72.0 Å². The zero-order chi connectivity index (χ0) is 15.1. The summed E-state index contributed by atoms with van der Waals surface area (Å²) in [5.41, 5.74) is 0. The van der Waals surface area contributed by atoms with E-state index < -0.39 is 0 Å². The van der Waals surface area contributed by atoms with Gasteiger partial charge in [0.15, 0.2) is 0 Å². The molecular formula is C14H21N5OS. The van der Waals surface area contributed by atoms with Gasteiger partial charge < -0.3 is 15.4 Å². The van der Waals surface area contributed by atoms with Crippen molar-refractivity contribution in [2.75, 3.05) is 23.8 Å². The third kappa shape index (κ3) is 4.86. The van der Waals surface area contributed by atoms with Crippen LogP contribution in [0.3, 0.4) is 0 Å². The number of aryl methyl sites for hydroxylation is 1. The van der Waals surface area contributed by atoms with Crippen molar-refractivity contribution in [3.05, 3.63) is 21.9 Å². The molecule has 114 valence electrons. The molecule has 0 fully saturated rings. The fraction of sp³-hybridized carbons (Fsp3) is 0.500. The average Bonchev–Trinajstić information content (AvgIpc) is 2.89. The van der Waals surface area contributed by atoms with Gasteiger partial charge in [-0.1, -0.05) is 6.92 Å². The summed E-state index contributed by atoms with van der Waals surface area (Å²) in [4.78, 5) is 15.4. The first-order chi connectivity index (χ1) is 10.2. The lowest BCUT2D eigenvalue weighted by atomic mass is 10.4. The van der Waals surface area contributed by atoms with E-state index in [1.54, 1.807) is 11.3 Å². The molecule has 6 nitrogen and oxygen atoms in total. The van der Waals surface area contributed by atoms with Gasteiger partial charge in [-0.25, -0.2) is 0 Å². The van der Waals surface area contributed by atoms with Crippen molar-refractivity contribution >= 4 is 23.2 Å². The maximum atomic E-state index is 5.38. The average molecular weight is 307 g/mol. The molecule has 0 bridgehead atoms. The van der Waals surface area contributed by atoms with Crippen LogP contribution >= 0.6 is 11.3 Å².